The normalized spacial score (nSPS) is 11.7. The molecule has 1 aromatic carbocycles. The minimum absolute atomic E-state index is 0. The summed E-state index contributed by atoms with van der Waals surface area (Å²) in [5.74, 6) is -0.0118. The van der Waals surface area contributed by atoms with E-state index in [1.807, 2.05) is 13.8 Å². The Balaban J connectivity index is 0.00000400. The van der Waals surface area contributed by atoms with Crippen molar-refractivity contribution in [3.8, 4) is 5.75 Å². The Kier molecular flexibility index (Phi) is 9.65. The van der Waals surface area contributed by atoms with Crippen LogP contribution in [-0.4, -0.2) is 31.7 Å². The fourth-order valence-corrected chi connectivity index (χ4v) is 1.72. The van der Waals surface area contributed by atoms with Crippen LogP contribution in [-0.2, 0) is 11.2 Å². The molecule has 0 spiro atoms. The number of carbonyl (C=O) groups excluding carboxylic acids is 1. The van der Waals surface area contributed by atoms with Crippen LogP contribution in [0.3, 0.4) is 0 Å². The van der Waals surface area contributed by atoms with Gasteiger partial charge in [0.1, 0.15) is 5.75 Å². The average Bonchev–Trinajstić information content (AvgIpc) is 2.38. The van der Waals surface area contributed by atoms with Crippen molar-refractivity contribution < 1.29 is 18.3 Å². The van der Waals surface area contributed by atoms with E-state index in [-0.39, 0.29) is 36.5 Å². The first-order chi connectivity index (χ1) is 9.51. The minimum Gasteiger partial charge on any atom is -0.435 e. The molecular formula is C14H21ClF2N2O2. The molecule has 0 unspecified atom stereocenters. The summed E-state index contributed by atoms with van der Waals surface area (Å²) in [6.07, 6.45) is 0.216. The second kappa shape index (κ2) is 10.3. The van der Waals surface area contributed by atoms with Gasteiger partial charge < -0.3 is 15.4 Å². The molecule has 21 heavy (non-hydrogen) atoms. The fourth-order valence-electron chi connectivity index (χ4n) is 1.72. The van der Waals surface area contributed by atoms with E-state index in [4.69, 9.17) is 0 Å². The molecule has 0 saturated carbocycles. The number of alkyl halides is 2. The van der Waals surface area contributed by atoms with Gasteiger partial charge >= 0.3 is 6.61 Å². The van der Waals surface area contributed by atoms with Gasteiger partial charge in [-0.1, -0.05) is 19.1 Å². The van der Waals surface area contributed by atoms with Crippen molar-refractivity contribution in [2.75, 3.05) is 13.1 Å². The molecule has 0 aliphatic carbocycles. The molecule has 7 heteroatoms. The van der Waals surface area contributed by atoms with E-state index in [0.717, 1.165) is 12.1 Å². The van der Waals surface area contributed by atoms with Crippen molar-refractivity contribution >= 4 is 18.3 Å². The molecule has 0 saturated heterocycles. The Bertz CT molecular complexity index is 416. The third-order valence-corrected chi connectivity index (χ3v) is 2.67. The smallest absolute Gasteiger partial charge is 0.387 e. The Morgan fingerprint density at radius 1 is 1.29 bits per heavy atom. The lowest BCUT2D eigenvalue weighted by Gasteiger charge is -2.13. The molecule has 4 nitrogen and oxygen atoms in total. The number of amides is 1. The molecule has 1 atom stereocenters. The summed E-state index contributed by atoms with van der Waals surface area (Å²) in [6.45, 7) is 2.56. The van der Waals surface area contributed by atoms with E-state index in [9.17, 15) is 13.6 Å². The van der Waals surface area contributed by atoms with Crippen LogP contribution < -0.4 is 15.4 Å². The number of carbonyl (C=O) groups is 1. The predicted molar refractivity (Wildman–Crippen MR) is 80.2 cm³/mol. The third-order valence-electron chi connectivity index (χ3n) is 2.67. The first-order valence-electron chi connectivity index (χ1n) is 6.55. The minimum atomic E-state index is -2.84. The van der Waals surface area contributed by atoms with Crippen LogP contribution in [0.2, 0.25) is 0 Å². The highest BCUT2D eigenvalue weighted by Crippen LogP contribution is 2.15. The van der Waals surface area contributed by atoms with Gasteiger partial charge in [-0.05, 0) is 31.2 Å². The van der Waals surface area contributed by atoms with Crippen molar-refractivity contribution in [2.24, 2.45) is 0 Å². The quantitative estimate of drug-likeness (QED) is 0.772. The molecule has 0 heterocycles. The zero-order valence-corrected chi connectivity index (χ0v) is 12.9. The van der Waals surface area contributed by atoms with E-state index in [1.165, 1.54) is 12.1 Å². The van der Waals surface area contributed by atoms with Gasteiger partial charge in [-0.25, -0.2) is 0 Å². The number of hydrogen-bond acceptors (Lipinski definition) is 3. The van der Waals surface area contributed by atoms with E-state index in [1.54, 1.807) is 12.1 Å². The Morgan fingerprint density at radius 2 is 1.90 bits per heavy atom. The SMILES string of the molecule is CCN[C@H](C)CNC(=O)Cc1ccc(OC(F)F)cc1.Cl. The summed E-state index contributed by atoms with van der Waals surface area (Å²) < 4.78 is 28.2. The highest BCUT2D eigenvalue weighted by Gasteiger charge is 2.07. The predicted octanol–water partition coefficient (Wildman–Crippen LogP) is 2.37. The van der Waals surface area contributed by atoms with Gasteiger partial charge in [-0.2, -0.15) is 8.78 Å². The van der Waals surface area contributed by atoms with Gasteiger partial charge in [0.25, 0.3) is 0 Å². The van der Waals surface area contributed by atoms with Gasteiger partial charge in [0.2, 0.25) is 5.91 Å². The van der Waals surface area contributed by atoms with Gasteiger partial charge in [-0.15, -0.1) is 12.4 Å². The molecule has 120 valence electrons. The third kappa shape index (κ3) is 8.47. The second-order valence-electron chi connectivity index (χ2n) is 4.46. The van der Waals surface area contributed by atoms with Crippen molar-refractivity contribution in [1.82, 2.24) is 10.6 Å². The Morgan fingerprint density at radius 3 is 2.43 bits per heavy atom. The number of benzene rings is 1. The van der Waals surface area contributed by atoms with Crippen LogP contribution in [0, 0.1) is 0 Å². The molecule has 0 aromatic heterocycles. The average molecular weight is 323 g/mol. The lowest BCUT2D eigenvalue weighted by Crippen LogP contribution is -2.39. The van der Waals surface area contributed by atoms with E-state index in [0.29, 0.717) is 6.54 Å². The van der Waals surface area contributed by atoms with Crippen LogP contribution in [0.25, 0.3) is 0 Å². The topological polar surface area (TPSA) is 50.4 Å². The zero-order valence-electron chi connectivity index (χ0n) is 12.1. The van der Waals surface area contributed by atoms with Gasteiger partial charge in [0.05, 0.1) is 6.42 Å². The molecule has 1 amide bonds. The summed E-state index contributed by atoms with van der Waals surface area (Å²) in [5.41, 5.74) is 0.750. The Labute approximate surface area is 129 Å². The van der Waals surface area contributed by atoms with Crippen molar-refractivity contribution in [2.45, 2.75) is 32.9 Å². The van der Waals surface area contributed by atoms with Crippen LogP contribution in [0.5, 0.6) is 5.75 Å². The summed E-state index contributed by atoms with van der Waals surface area (Å²) >= 11 is 0. The highest BCUT2D eigenvalue weighted by molar-refractivity contribution is 5.85. The number of nitrogens with one attached hydrogen (secondary N) is 2. The largest absolute Gasteiger partial charge is 0.435 e. The monoisotopic (exact) mass is 322 g/mol. The number of likely N-dealkylation sites (N-methyl/N-ethyl adjacent to an activating group) is 1. The number of halogens is 3. The van der Waals surface area contributed by atoms with Crippen LogP contribution >= 0.6 is 12.4 Å². The highest BCUT2D eigenvalue weighted by atomic mass is 35.5. The lowest BCUT2D eigenvalue weighted by molar-refractivity contribution is -0.120. The first-order valence-corrected chi connectivity index (χ1v) is 6.55. The Hall–Kier alpha value is -1.40. The van der Waals surface area contributed by atoms with Crippen LogP contribution in [0.1, 0.15) is 19.4 Å². The zero-order chi connectivity index (χ0) is 15.0. The number of rotatable bonds is 8. The fraction of sp³-hybridized carbons (Fsp3) is 0.500. The molecule has 0 aliphatic rings. The molecule has 0 bridgehead atoms. The molecular weight excluding hydrogens is 302 g/mol. The maximum Gasteiger partial charge on any atom is 0.387 e. The van der Waals surface area contributed by atoms with Crippen molar-refractivity contribution in [3.05, 3.63) is 29.8 Å². The molecule has 1 aromatic rings. The summed E-state index contributed by atoms with van der Waals surface area (Å²) in [5, 5.41) is 6.00. The second-order valence-corrected chi connectivity index (χ2v) is 4.46. The van der Waals surface area contributed by atoms with Crippen LogP contribution in [0.15, 0.2) is 24.3 Å². The molecule has 0 aliphatic heterocycles. The molecule has 0 radical (unpaired) electrons. The summed E-state index contributed by atoms with van der Waals surface area (Å²) in [4.78, 5) is 11.7. The maximum atomic E-state index is 12.0. The lowest BCUT2D eigenvalue weighted by atomic mass is 10.1. The van der Waals surface area contributed by atoms with Gasteiger partial charge in [0.15, 0.2) is 0 Å². The van der Waals surface area contributed by atoms with Crippen molar-refractivity contribution in [1.29, 1.82) is 0 Å². The first kappa shape index (κ1) is 19.6. The maximum absolute atomic E-state index is 12.0. The standard InChI is InChI=1S/C14H20F2N2O2.ClH/c1-3-17-10(2)9-18-13(19)8-11-4-6-12(7-5-11)20-14(15)16;/h4-7,10,14,17H,3,8-9H2,1-2H3,(H,18,19);1H/t10-;/m1./s1. The molecule has 1 rings (SSSR count). The summed E-state index contributed by atoms with van der Waals surface area (Å²) in [7, 11) is 0. The molecule has 2 N–H and O–H groups in total. The van der Waals surface area contributed by atoms with Gasteiger partial charge in [-0.3, -0.25) is 4.79 Å². The molecule has 0 fully saturated rings. The number of ether oxygens (including phenoxy) is 1. The number of hydrogen-bond donors (Lipinski definition) is 2. The van der Waals surface area contributed by atoms with E-state index >= 15 is 0 Å². The van der Waals surface area contributed by atoms with Crippen molar-refractivity contribution in [3.63, 3.8) is 0 Å². The van der Waals surface area contributed by atoms with Crippen LogP contribution in [0.4, 0.5) is 8.78 Å². The van der Waals surface area contributed by atoms with E-state index < -0.39 is 6.61 Å². The van der Waals surface area contributed by atoms with E-state index in [2.05, 4.69) is 15.4 Å². The summed E-state index contributed by atoms with van der Waals surface area (Å²) in [6, 6.07) is 6.27. The van der Waals surface area contributed by atoms with Gasteiger partial charge in [0, 0.05) is 12.6 Å².